The van der Waals surface area contributed by atoms with Crippen molar-refractivity contribution in [2.45, 2.75) is 58.3 Å². The lowest BCUT2D eigenvalue weighted by molar-refractivity contribution is -0.257. The highest BCUT2D eigenvalue weighted by Crippen LogP contribution is 2.29. The van der Waals surface area contributed by atoms with Crippen LogP contribution in [0, 0.1) is 0 Å². The van der Waals surface area contributed by atoms with Gasteiger partial charge in [-0.1, -0.05) is 36.4 Å². The maximum atomic E-state index is 12.6. The summed E-state index contributed by atoms with van der Waals surface area (Å²) in [5, 5.41) is 2.63. The van der Waals surface area contributed by atoms with Crippen molar-refractivity contribution in [3.05, 3.63) is 71.8 Å². The molecular formula is C29H31NO10. The summed E-state index contributed by atoms with van der Waals surface area (Å²) in [7, 11) is 0. The number of ether oxygens (including phenoxy) is 5. The highest BCUT2D eigenvalue weighted by atomic mass is 16.7. The van der Waals surface area contributed by atoms with E-state index in [1.54, 1.807) is 18.2 Å². The molecule has 0 aromatic heterocycles. The van der Waals surface area contributed by atoms with Crippen LogP contribution in [0.3, 0.4) is 0 Å². The molecule has 40 heavy (non-hydrogen) atoms. The van der Waals surface area contributed by atoms with Gasteiger partial charge in [0.05, 0.1) is 0 Å². The molecule has 5 atom stereocenters. The van der Waals surface area contributed by atoms with E-state index in [2.05, 4.69) is 5.32 Å². The van der Waals surface area contributed by atoms with E-state index in [1.165, 1.54) is 32.1 Å². The number of hydrogen-bond donors (Lipinski definition) is 1. The number of allylic oxidation sites excluding steroid dienone is 1. The van der Waals surface area contributed by atoms with E-state index in [-0.39, 0.29) is 18.1 Å². The number of amides is 1. The fourth-order valence-corrected chi connectivity index (χ4v) is 4.06. The third-order valence-corrected chi connectivity index (χ3v) is 5.69. The Morgan fingerprint density at radius 3 is 2.02 bits per heavy atom. The number of ketones is 1. The molecule has 2 aromatic carbocycles. The number of nitrogens with one attached hydrogen (secondary N) is 1. The number of esters is 3. The summed E-state index contributed by atoms with van der Waals surface area (Å²) in [5.74, 6) is -2.48. The second kappa shape index (κ2) is 14.0. The molecule has 0 saturated carbocycles. The van der Waals surface area contributed by atoms with E-state index in [9.17, 15) is 24.0 Å². The largest absolute Gasteiger partial charge is 0.463 e. The number of hydrogen-bond acceptors (Lipinski definition) is 10. The lowest BCUT2D eigenvalue weighted by Gasteiger charge is -2.44. The van der Waals surface area contributed by atoms with Gasteiger partial charge in [0.2, 0.25) is 12.2 Å². The van der Waals surface area contributed by atoms with Crippen LogP contribution in [0.15, 0.2) is 60.7 Å². The van der Waals surface area contributed by atoms with Crippen LogP contribution >= 0.6 is 0 Å². The van der Waals surface area contributed by atoms with Crippen molar-refractivity contribution in [1.82, 2.24) is 5.32 Å². The Kier molecular flexibility index (Phi) is 10.5. The van der Waals surface area contributed by atoms with Crippen molar-refractivity contribution in [3.63, 3.8) is 0 Å². The molecule has 3 rings (SSSR count). The summed E-state index contributed by atoms with van der Waals surface area (Å²) in [5.41, 5.74) is 1.29. The van der Waals surface area contributed by atoms with Gasteiger partial charge in [-0.2, -0.15) is 0 Å². The minimum Gasteiger partial charge on any atom is -0.463 e. The van der Waals surface area contributed by atoms with Crippen molar-refractivity contribution < 1.29 is 47.7 Å². The van der Waals surface area contributed by atoms with Crippen LogP contribution in [-0.4, -0.2) is 66.8 Å². The van der Waals surface area contributed by atoms with Crippen molar-refractivity contribution in [3.8, 4) is 5.75 Å². The smallest absolute Gasteiger partial charge is 0.303 e. The van der Waals surface area contributed by atoms with Gasteiger partial charge in [0.25, 0.3) is 0 Å². The maximum Gasteiger partial charge on any atom is 0.303 e. The Bertz CT molecular complexity index is 1240. The molecule has 1 fully saturated rings. The van der Waals surface area contributed by atoms with Crippen LogP contribution in [0.25, 0.3) is 6.08 Å². The van der Waals surface area contributed by atoms with Gasteiger partial charge in [-0.25, -0.2) is 0 Å². The number of rotatable bonds is 10. The molecule has 2 aromatic rings. The molecule has 0 radical (unpaired) electrons. The number of carbonyl (C=O) groups is 5. The number of carbonyl (C=O) groups excluding carboxylic acids is 5. The van der Waals surface area contributed by atoms with Gasteiger partial charge in [0.15, 0.2) is 18.0 Å². The first-order chi connectivity index (χ1) is 19.0. The van der Waals surface area contributed by atoms with E-state index >= 15 is 0 Å². The monoisotopic (exact) mass is 553 g/mol. The van der Waals surface area contributed by atoms with Crippen LogP contribution in [-0.2, 0) is 38.1 Å². The molecule has 1 amide bonds. The first-order valence-corrected chi connectivity index (χ1v) is 12.5. The normalized spacial score (nSPS) is 22.1. The van der Waals surface area contributed by atoms with Gasteiger partial charge in [0.1, 0.15) is 24.5 Å². The van der Waals surface area contributed by atoms with Gasteiger partial charge in [-0.05, 0) is 35.9 Å². The van der Waals surface area contributed by atoms with Gasteiger partial charge in [-0.3, -0.25) is 24.0 Å². The summed E-state index contributed by atoms with van der Waals surface area (Å²) in [6.45, 7) is 4.40. The first-order valence-electron chi connectivity index (χ1n) is 12.5. The lowest BCUT2D eigenvalue weighted by atomic mass is 9.96. The Balaban J connectivity index is 1.86. The highest BCUT2D eigenvalue weighted by Gasteiger charge is 2.51. The molecule has 11 nitrogen and oxygen atoms in total. The first kappa shape index (κ1) is 30.0. The molecule has 11 heteroatoms. The molecule has 0 aliphatic carbocycles. The lowest BCUT2D eigenvalue weighted by Crippen LogP contribution is -2.67. The van der Waals surface area contributed by atoms with Crippen LogP contribution in [0.5, 0.6) is 5.75 Å². The minimum atomic E-state index is -1.26. The molecule has 0 unspecified atom stereocenters. The van der Waals surface area contributed by atoms with Crippen LogP contribution in [0.1, 0.15) is 43.6 Å². The summed E-state index contributed by atoms with van der Waals surface area (Å²) in [6.07, 6.45) is -1.67. The van der Waals surface area contributed by atoms with E-state index in [0.717, 1.165) is 19.4 Å². The molecule has 0 spiro atoms. The van der Waals surface area contributed by atoms with Crippen molar-refractivity contribution in [2.75, 3.05) is 6.61 Å². The molecule has 1 aliphatic heterocycles. The molecule has 1 N–H and O–H groups in total. The maximum absolute atomic E-state index is 12.6. The summed E-state index contributed by atoms with van der Waals surface area (Å²) >= 11 is 0. The second-order valence-electron chi connectivity index (χ2n) is 8.97. The Labute approximate surface area is 231 Å². The highest BCUT2D eigenvalue weighted by molar-refractivity contribution is 6.06. The summed E-state index contributed by atoms with van der Waals surface area (Å²) in [6, 6.07) is 14.5. The molecule has 1 aliphatic rings. The standard InChI is InChI=1S/C29H31NO10/c1-17(31)30-26-28(38-20(4)34)27(37-19(3)33)25(16-36-18(2)32)40-29(26)39-23-13-11-22(12-14-23)24(35)15-10-21-8-6-5-7-9-21/h5-15,25-29H,16H2,1-4H3,(H,30,31)/b15-10+/t25-,26+,27+,28-,29-/m1/s1. The predicted octanol–water partition coefficient (Wildman–Crippen LogP) is 2.62. The van der Waals surface area contributed by atoms with E-state index in [0.29, 0.717) is 5.56 Å². The fraction of sp³-hybridized carbons (Fsp3) is 0.345. The molecule has 212 valence electrons. The minimum absolute atomic E-state index is 0.221. The SMILES string of the molecule is CC(=O)N[C@@H]1[C@H](Oc2ccc(C(=O)/C=C/c3ccccc3)cc2)O[C@H](COC(C)=O)[C@H](OC(C)=O)[C@@H]1OC(C)=O. The van der Waals surface area contributed by atoms with Crippen LogP contribution in [0.4, 0.5) is 0 Å². The second-order valence-corrected chi connectivity index (χ2v) is 8.97. The van der Waals surface area contributed by atoms with Gasteiger partial charge >= 0.3 is 17.9 Å². The zero-order valence-corrected chi connectivity index (χ0v) is 22.5. The topological polar surface area (TPSA) is 144 Å². The summed E-state index contributed by atoms with van der Waals surface area (Å²) < 4.78 is 27.9. The quantitative estimate of drug-likeness (QED) is 0.202. The van der Waals surface area contributed by atoms with Crippen molar-refractivity contribution in [1.29, 1.82) is 0 Å². The molecule has 0 bridgehead atoms. The third kappa shape index (κ3) is 8.77. The molecule has 1 heterocycles. The third-order valence-electron chi connectivity index (χ3n) is 5.69. The van der Waals surface area contributed by atoms with E-state index < -0.39 is 54.5 Å². The molecule has 1 saturated heterocycles. The summed E-state index contributed by atoms with van der Waals surface area (Å²) in [4.78, 5) is 60.0. The zero-order chi connectivity index (χ0) is 29.2. The van der Waals surface area contributed by atoms with Gasteiger partial charge < -0.3 is 29.0 Å². The Hall–Kier alpha value is -4.51. The van der Waals surface area contributed by atoms with Crippen molar-refractivity contribution >= 4 is 35.7 Å². The average molecular weight is 554 g/mol. The van der Waals surface area contributed by atoms with Crippen LogP contribution < -0.4 is 10.1 Å². The van der Waals surface area contributed by atoms with Crippen LogP contribution in [0.2, 0.25) is 0 Å². The Morgan fingerprint density at radius 1 is 0.825 bits per heavy atom. The fourth-order valence-electron chi connectivity index (χ4n) is 4.06. The van der Waals surface area contributed by atoms with E-state index in [1.807, 2.05) is 30.3 Å². The zero-order valence-electron chi connectivity index (χ0n) is 22.5. The number of benzene rings is 2. The van der Waals surface area contributed by atoms with E-state index in [4.69, 9.17) is 23.7 Å². The molecular weight excluding hydrogens is 522 g/mol. The van der Waals surface area contributed by atoms with Gasteiger partial charge in [0, 0.05) is 33.3 Å². The predicted molar refractivity (Wildman–Crippen MR) is 141 cm³/mol. The Morgan fingerprint density at radius 2 is 1.45 bits per heavy atom. The van der Waals surface area contributed by atoms with Gasteiger partial charge in [-0.15, -0.1) is 0 Å². The van der Waals surface area contributed by atoms with Crippen molar-refractivity contribution in [2.24, 2.45) is 0 Å². The average Bonchev–Trinajstić information content (AvgIpc) is 2.89.